The molecule has 2 fully saturated rings. The van der Waals surface area contributed by atoms with Crippen LogP contribution in [0, 0.1) is 5.82 Å². The van der Waals surface area contributed by atoms with Crippen LogP contribution in [0.2, 0.25) is 0 Å². The van der Waals surface area contributed by atoms with E-state index in [1.807, 2.05) is 24.3 Å². The van der Waals surface area contributed by atoms with Crippen LogP contribution in [-0.2, 0) is 4.74 Å². The first-order chi connectivity index (χ1) is 20.0. The Hall–Kier alpha value is -3.73. The molecule has 3 aromatic rings. The van der Waals surface area contributed by atoms with Crippen LogP contribution >= 0.6 is 0 Å². The number of benzene rings is 2. The third-order valence-corrected chi connectivity index (χ3v) is 8.47. The Bertz CT molecular complexity index is 1400. The van der Waals surface area contributed by atoms with E-state index in [0.717, 1.165) is 80.7 Å². The van der Waals surface area contributed by atoms with Gasteiger partial charge in [-0.3, -0.25) is 14.6 Å². The second kappa shape index (κ2) is 12.0. The summed E-state index contributed by atoms with van der Waals surface area (Å²) in [5, 5.41) is 3.37. The van der Waals surface area contributed by atoms with E-state index in [1.54, 1.807) is 24.3 Å². The number of amides is 1. The van der Waals surface area contributed by atoms with Crippen LogP contribution in [-0.4, -0.2) is 105 Å². The van der Waals surface area contributed by atoms with Gasteiger partial charge >= 0.3 is 0 Å². The number of carbonyl (C=O) groups excluding carboxylic acids is 1. The number of methoxy groups -OCH3 is 1. The lowest BCUT2D eigenvalue weighted by Crippen LogP contribution is -2.51. The van der Waals surface area contributed by atoms with Gasteiger partial charge in [0.1, 0.15) is 17.4 Å². The number of ether oxygens (including phenoxy) is 2. The molecule has 4 heterocycles. The van der Waals surface area contributed by atoms with Crippen molar-refractivity contribution in [2.45, 2.75) is 5.92 Å². The number of piperazine rings is 1. The Morgan fingerprint density at radius 2 is 1.76 bits per heavy atom. The predicted molar refractivity (Wildman–Crippen MR) is 157 cm³/mol. The predicted octanol–water partition coefficient (Wildman–Crippen LogP) is 3.13. The third kappa shape index (κ3) is 5.72. The molecule has 1 unspecified atom stereocenters. The van der Waals surface area contributed by atoms with Crippen molar-refractivity contribution >= 4 is 17.4 Å². The first kappa shape index (κ1) is 27.4. The van der Waals surface area contributed by atoms with E-state index in [9.17, 15) is 4.79 Å². The van der Waals surface area contributed by atoms with Crippen LogP contribution < -0.4 is 15.8 Å². The zero-order chi connectivity index (χ0) is 28.3. The number of hydrogen-bond acceptors (Lipinski definition) is 8. The number of aromatic nitrogens is 1. The molecule has 3 aliphatic rings. The normalized spacial score (nSPS) is 19.6. The van der Waals surface area contributed by atoms with Crippen LogP contribution in [0.3, 0.4) is 0 Å². The highest BCUT2D eigenvalue weighted by Crippen LogP contribution is 2.40. The quantitative estimate of drug-likeness (QED) is 0.426. The van der Waals surface area contributed by atoms with E-state index >= 15 is 4.39 Å². The summed E-state index contributed by atoms with van der Waals surface area (Å²) in [6.45, 7) is 8.90. The van der Waals surface area contributed by atoms with Gasteiger partial charge in [-0.05, 0) is 29.8 Å². The maximum Gasteiger partial charge on any atom is 0.256 e. The van der Waals surface area contributed by atoms with Crippen LogP contribution in [0.25, 0.3) is 11.1 Å². The number of fused-ring (bicyclic) bond motifs is 1. The summed E-state index contributed by atoms with van der Waals surface area (Å²) in [7, 11) is 1.66. The number of nitrogens with zero attached hydrogens (tertiary/aromatic N) is 4. The van der Waals surface area contributed by atoms with Crippen molar-refractivity contribution in [1.29, 1.82) is 0 Å². The van der Waals surface area contributed by atoms with E-state index in [-0.39, 0.29) is 23.1 Å². The molecule has 2 saturated heterocycles. The second-order valence-electron chi connectivity index (χ2n) is 10.8. The highest BCUT2D eigenvalue weighted by atomic mass is 19.1. The molecule has 1 atom stereocenters. The molecule has 10 heteroatoms. The van der Waals surface area contributed by atoms with Gasteiger partial charge in [-0.2, -0.15) is 0 Å². The highest BCUT2D eigenvalue weighted by Gasteiger charge is 2.29. The third-order valence-electron chi connectivity index (χ3n) is 8.47. The lowest BCUT2D eigenvalue weighted by atomic mass is 9.91. The molecule has 0 bridgehead atoms. The van der Waals surface area contributed by atoms with Crippen LogP contribution in [0.5, 0.6) is 5.75 Å². The Labute approximate surface area is 240 Å². The van der Waals surface area contributed by atoms with E-state index in [0.29, 0.717) is 25.2 Å². The zero-order valence-corrected chi connectivity index (χ0v) is 23.4. The van der Waals surface area contributed by atoms with Gasteiger partial charge in [-0.1, -0.05) is 18.2 Å². The summed E-state index contributed by atoms with van der Waals surface area (Å²) < 4.78 is 26.2. The number of morpholine rings is 1. The minimum Gasteiger partial charge on any atom is -0.496 e. The summed E-state index contributed by atoms with van der Waals surface area (Å²) in [5.74, 6) is 0.801. The van der Waals surface area contributed by atoms with E-state index < -0.39 is 5.82 Å². The molecular weight excluding hydrogens is 523 g/mol. The Morgan fingerprint density at radius 3 is 2.51 bits per heavy atom. The van der Waals surface area contributed by atoms with Crippen LogP contribution in [0.15, 0.2) is 48.7 Å². The van der Waals surface area contributed by atoms with Crippen molar-refractivity contribution in [3.8, 4) is 16.9 Å². The molecule has 1 aromatic heterocycles. The average Bonchev–Trinajstić information content (AvgIpc) is 3.45. The molecule has 216 valence electrons. The van der Waals surface area contributed by atoms with Gasteiger partial charge in [-0.15, -0.1) is 0 Å². The number of halogens is 1. The first-order valence-electron chi connectivity index (χ1n) is 14.3. The van der Waals surface area contributed by atoms with Gasteiger partial charge in [0.2, 0.25) is 0 Å². The van der Waals surface area contributed by atoms with Gasteiger partial charge in [0.15, 0.2) is 0 Å². The Kier molecular flexibility index (Phi) is 8.04. The fraction of sp³-hybridized carbons (Fsp3) is 0.419. The number of anilines is 2. The molecule has 3 aliphatic heterocycles. The lowest BCUT2D eigenvalue weighted by Gasteiger charge is -2.36. The lowest BCUT2D eigenvalue weighted by molar-refractivity contribution is 0.0293. The Morgan fingerprint density at radius 1 is 1.02 bits per heavy atom. The minimum atomic E-state index is -0.602. The number of nitrogens with two attached hydrogens (primary N) is 1. The first-order valence-corrected chi connectivity index (χ1v) is 14.3. The van der Waals surface area contributed by atoms with Gasteiger partial charge in [-0.25, -0.2) is 9.37 Å². The summed E-state index contributed by atoms with van der Waals surface area (Å²) in [4.78, 5) is 24.8. The number of nitrogen functional groups attached to an aromatic ring is 1. The fourth-order valence-electron chi connectivity index (χ4n) is 6.01. The second-order valence-corrected chi connectivity index (χ2v) is 10.8. The minimum absolute atomic E-state index is 0.0351. The number of pyridine rings is 1. The highest BCUT2D eigenvalue weighted by molar-refractivity contribution is 6.00. The molecular formula is C31H37FN6O3. The van der Waals surface area contributed by atoms with E-state index in [4.69, 9.17) is 15.2 Å². The molecule has 2 aromatic carbocycles. The molecule has 0 spiro atoms. The summed E-state index contributed by atoms with van der Waals surface area (Å²) in [6.07, 6.45) is 1.71. The van der Waals surface area contributed by atoms with Crippen molar-refractivity contribution in [3.05, 3.63) is 71.2 Å². The maximum absolute atomic E-state index is 15.1. The van der Waals surface area contributed by atoms with Crippen molar-refractivity contribution < 1.29 is 18.7 Å². The van der Waals surface area contributed by atoms with E-state index in [1.165, 1.54) is 6.07 Å². The molecule has 6 rings (SSSR count). The molecule has 0 aliphatic carbocycles. The average molecular weight is 561 g/mol. The van der Waals surface area contributed by atoms with Crippen molar-refractivity contribution in [3.63, 3.8) is 0 Å². The van der Waals surface area contributed by atoms with Gasteiger partial charge in [0.05, 0.1) is 31.6 Å². The van der Waals surface area contributed by atoms with Gasteiger partial charge < -0.3 is 25.4 Å². The monoisotopic (exact) mass is 560 g/mol. The molecule has 0 saturated carbocycles. The molecule has 41 heavy (non-hydrogen) atoms. The number of para-hydroxylation sites is 1. The van der Waals surface area contributed by atoms with Crippen molar-refractivity contribution in [1.82, 2.24) is 19.7 Å². The largest absolute Gasteiger partial charge is 0.496 e. The molecule has 1 amide bonds. The topological polar surface area (TPSA) is 96.2 Å². The number of rotatable bonds is 7. The molecule has 0 radical (unpaired) electrons. The van der Waals surface area contributed by atoms with E-state index in [2.05, 4.69) is 26.2 Å². The molecule has 9 nitrogen and oxygen atoms in total. The van der Waals surface area contributed by atoms with Gasteiger partial charge in [0.25, 0.3) is 5.91 Å². The maximum atomic E-state index is 15.1. The zero-order valence-electron chi connectivity index (χ0n) is 23.4. The van der Waals surface area contributed by atoms with Crippen molar-refractivity contribution in [2.24, 2.45) is 0 Å². The number of carbonyl (C=O) groups is 1. The summed E-state index contributed by atoms with van der Waals surface area (Å²) in [6, 6.07) is 13.0. The number of nitrogens with one attached hydrogen (secondary N) is 1. The Balaban J connectivity index is 1.18. The SMILES string of the molecule is COc1ccccc1C1CNc2ncc(-c3cc(F)c(N)c(C(=O)N4CCN(CCN5CCOCC5)CC4)c3)cc21. The van der Waals surface area contributed by atoms with Crippen LogP contribution in [0.4, 0.5) is 15.9 Å². The standard InChI is InChI=1S/C31H37FN6O3/c1-40-28-5-3-2-4-23(28)26-20-35-30-24(26)17-22(19-34-30)21-16-25(29(33)27(32)18-21)31(39)38-10-8-36(9-11-38)6-7-37-12-14-41-15-13-37/h2-5,16-19,26H,6-15,20,33H2,1H3,(H,34,35). The fourth-order valence-corrected chi connectivity index (χ4v) is 6.01. The molecule has 3 N–H and O–H groups in total. The summed E-state index contributed by atoms with van der Waals surface area (Å²) in [5.41, 5.74) is 9.58. The number of hydrogen-bond donors (Lipinski definition) is 2. The van der Waals surface area contributed by atoms with Crippen LogP contribution in [0.1, 0.15) is 27.4 Å². The van der Waals surface area contributed by atoms with Gasteiger partial charge in [0, 0.05) is 87.7 Å². The summed E-state index contributed by atoms with van der Waals surface area (Å²) >= 11 is 0. The smallest absolute Gasteiger partial charge is 0.256 e. The van der Waals surface area contributed by atoms with Crippen molar-refractivity contribution in [2.75, 3.05) is 90.3 Å².